The Balaban J connectivity index is 0.00000338. The zero-order valence-electron chi connectivity index (χ0n) is 16.0. The molecule has 2 rings (SSSR count). The molecule has 0 saturated heterocycles. The lowest BCUT2D eigenvalue weighted by Crippen LogP contribution is -2.59. The van der Waals surface area contributed by atoms with Crippen molar-refractivity contribution in [3.8, 4) is 0 Å². The van der Waals surface area contributed by atoms with Gasteiger partial charge < -0.3 is 16.4 Å². The Morgan fingerprint density at radius 2 is 2.00 bits per heavy atom. The van der Waals surface area contributed by atoms with Gasteiger partial charge in [-0.05, 0) is 32.8 Å². The number of carbonyl (C=O) groups is 2. The van der Waals surface area contributed by atoms with E-state index in [1.54, 1.807) is 11.6 Å². The van der Waals surface area contributed by atoms with E-state index in [4.69, 9.17) is 5.73 Å². The van der Waals surface area contributed by atoms with Gasteiger partial charge in [-0.1, -0.05) is 13.8 Å². The number of aromatic nitrogens is 2. The Hall–Kier alpha value is -1.64. The normalized spacial score (nSPS) is 14.6. The van der Waals surface area contributed by atoms with Gasteiger partial charge in [-0.2, -0.15) is 5.10 Å². The van der Waals surface area contributed by atoms with Crippen LogP contribution in [-0.4, -0.2) is 39.7 Å². The van der Waals surface area contributed by atoms with Crippen LogP contribution in [0.5, 0.6) is 0 Å². The molecule has 0 aliphatic carbocycles. The second-order valence-electron chi connectivity index (χ2n) is 7.00. The number of fused-ring (bicyclic) bond motifs is 1. The molecule has 0 saturated carbocycles. The fraction of sp³-hybridized carbons (Fsp3) is 0.588. The summed E-state index contributed by atoms with van der Waals surface area (Å²) in [5, 5.41) is 11.0. The molecule has 0 aliphatic rings. The second-order valence-corrected chi connectivity index (χ2v) is 8.03. The van der Waals surface area contributed by atoms with Gasteiger partial charge in [-0.15, -0.1) is 23.7 Å². The van der Waals surface area contributed by atoms with E-state index in [1.165, 1.54) is 11.3 Å². The summed E-state index contributed by atoms with van der Waals surface area (Å²) in [6, 6.07) is 1.17. The molecule has 0 bridgehead atoms. The molecule has 26 heavy (non-hydrogen) atoms. The van der Waals surface area contributed by atoms with Crippen molar-refractivity contribution in [3.63, 3.8) is 0 Å². The minimum absolute atomic E-state index is 0. The smallest absolute Gasteiger partial charge is 0.262 e. The third kappa shape index (κ3) is 4.36. The second kappa shape index (κ2) is 8.37. The number of carbonyl (C=O) groups excluding carboxylic acids is 2. The molecule has 2 amide bonds. The van der Waals surface area contributed by atoms with E-state index < -0.39 is 11.6 Å². The fourth-order valence-corrected chi connectivity index (χ4v) is 3.50. The molecule has 146 valence electrons. The lowest BCUT2D eigenvalue weighted by Gasteiger charge is -2.34. The first-order valence-corrected chi connectivity index (χ1v) is 9.16. The summed E-state index contributed by atoms with van der Waals surface area (Å²) in [6.07, 6.45) is 0. The molecule has 2 atom stereocenters. The summed E-state index contributed by atoms with van der Waals surface area (Å²) >= 11 is 1.37. The zero-order chi connectivity index (χ0) is 18.9. The molecule has 0 radical (unpaired) electrons. The highest BCUT2D eigenvalue weighted by Crippen LogP contribution is 2.27. The van der Waals surface area contributed by atoms with Crippen molar-refractivity contribution in [2.45, 2.75) is 46.2 Å². The van der Waals surface area contributed by atoms with Crippen LogP contribution in [0.3, 0.4) is 0 Å². The van der Waals surface area contributed by atoms with E-state index in [0.29, 0.717) is 11.4 Å². The van der Waals surface area contributed by atoms with E-state index in [1.807, 2.05) is 40.8 Å². The summed E-state index contributed by atoms with van der Waals surface area (Å²) in [7, 11) is 1.85. The maximum absolute atomic E-state index is 12.5. The summed E-state index contributed by atoms with van der Waals surface area (Å²) in [5.41, 5.74) is 6.18. The highest BCUT2D eigenvalue weighted by Gasteiger charge is 2.30. The highest BCUT2D eigenvalue weighted by atomic mass is 35.5. The summed E-state index contributed by atoms with van der Waals surface area (Å²) < 4.78 is 1.76. The number of hydrogen-bond donors (Lipinski definition) is 3. The standard InChI is InChI=1S/C17H27N5O2S.ClH/c1-9(2)17(5,8-18)20-14(23)11(4)19-15(24)13-7-12-10(3)21-22(6)16(12)25-13;/h7,9,11H,8,18H2,1-6H3,(H,19,24)(H,20,23);1H. The van der Waals surface area contributed by atoms with E-state index in [9.17, 15) is 9.59 Å². The van der Waals surface area contributed by atoms with Crippen LogP contribution in [0.4, 0.5) is 0 Å². The number of nitrogens with two attached hydrogens (primary N) is 1. The minimum Gasteiger partial charge on any atom is -0.348 e. The van der Waals surface area contributed by atoms with Crippen LogP contribution in [-0.2, 0) is 11.8 Å². The molecule has 2 heterocycles. The first-order chi connectivity index (χ1) is 11.6. The zero-order valence-corrected chi connectivity index (χ0v) is 17.7. The number of amides is 2. The van der Waals surface area contributed by atoms with Gasteiger partial charge in [-0.25, -0.2) is 0 Å². The van der Waals surface area contributed by atoms with E-state index in [-0.39, 0.29) is 30.1 Å². The van der Waals surface area contributed by atoms with Crippen molar-refractivity contribution >= 4 is 45.8 Å². The Morgan fingerprint density at radius 1 is 1.38 bits per heavy atom. The minimum atomic E-state index is -0.651. The van der Waals surface area contributed by atoms with Gasteiger partial charge >= 0.3 is 0 Å². The maximum Gasteiger partial charge on any atom is 0.262 e. The van der Waals surface area contributed by atoms with Crippen molar-refractivity contribution < 1.29 is 9.59 Å². The molecular weight excluding hydrogens is 374 g/mol. The van der Waals surface area contributed by atoms with Gasteiger partial charge in [-0.3, -0.25) is 14.3 Å². The molecular formula is C17H28ClN5O2S. The summed E-state index contributed by atoms with van der Waals surface area (Å²) in [4.78, 5) is 26.4. The number of nitrogens with zero attached hydrogens (tertiary/aromatic N) is 2. The van der Waals surface area contributed by atoms with Crippen LogP contribution in [0.15, 0.2) is 6.07 Å². The van der Waals surface area contributed by atoms with Crippen molar-refractivity contribution in [1.82, 2.24) is 20.4 Å². The molecule has 0 aliphatic heterocycles. The SMILES string of the molecule is Cc1nn(C)c2sc(C(=O)NC(C)C(=O)NC(C)(CN)C(C)C)cc12.Cl. The first kappa shape index (κ1) is 22.4. The molecule has 2 unspecified atom stereocenters. The van der Waals surface area contributed by atoms with Gasteiger partial charge in [0, 0.05) is 19.0 Å². The van der Waals surface area contributed by atoms with Gasteiger partial charge in [0.2, 0.25) is 5.91 Å². The Morgan fingerprint density at radius 3 is 2.50 bits per heavy atom. The topological polar surface area (TPSA) is 102 Å². The van der Waals surface area contributed by atoms with Crippen molar-refractivity contribution in [2.24, 2.45) is 18.7 Å². The van der Waals surface area contributed by atoms with Crippen LogP contribution in [0, 0.1) is 12.8 Å². The van der Waals surface area contributed by atoms with Gasteiger partial charge in [0.05, 0.1) is 16.1 Å². The van der Waals surface area contributed by atoms with Crippen LogP contribution in [0.2, 0.25) is 0 Å². The van der Waals surface area contributed by atoms with Crippen LogP contribution in [0.25, 0.3) is 10.2 Å². The van der Waals surface area contributed by atoms with Crippen molar-refractivity contribution in [3.05, 3.63) is 16.6 Å². The van der Waals surface area contributed by atoms with Crippen molar-refractivity contribution in [2.75, 3.05) is 6.54 Å². The average Bonchev–Trinajstić information content (AvgIpc) is 3.09. The highest BCUT2D eigenvalue weighted by molar-refractivity contribution is 7.20. The number of thiophene rings is 1. The average molecular weight is 402 g/mol. The fourth-order valence-electron chi connectivity index (χ4n) is 2.47. The quantitative estimate of drug-likeness (QED) is 0.688. The van der Waals surface area contributed by atoms with Gasteiger partial charge in [0.15, 0.2) is 0 Å². The maximum atomic E-state index is 12.5. The Kier molecular flexibility index (Phi) is 7.21. The van der Waals surface area contributed by atoms with Crippen LogP contribution in [0.1, 0.15) is 43.1 Å². The van der Waals surface area contributed by atoms with Crippen LogP contribution < -0.4 is 16.4 Å². The van der Waals surface area contributed by atoms with Crippen LogP contribution >= 0.6 is 23.7 Å². The Labute approximate surface area is 164 Å². The number of nitrogens with one attached hydrogen (secondary N) is 2. The van der Waals surface area contributed by atoms with Crippen molar-refractivity contribution in [1.29, 1.82) is 0 Å². The lowest BCUT2D eigenvalue weighted by molar-refractivity contribution is -0.124. The predicted octanol–water partition coefficient (Wildman–Crippen LogP) is 1.97. The molecule has 0 spiro atoms. The number of hydrogen-bond acceptors (Lipinski definition) is 5. The molecule has 2 aromatic heterocycles. The van der Waals surface area contributed by atoms with E-state index in [0.717, 1.165) is 15.9 Å². The molecule has 7 nitrogen and oxygen atoms in total. The monoisotopic (exact) mass is 401 g/mol. The molecule has 0 aromatic carbocycles. The molecule has 4 N–H and O–H groups in total. The third-order valence-electron chi connectivity index (χ3n) is 4.77. The summed E-state index contributed by atoms with van der Waals surface area (Å²) in [5.74, 6) is -0.321. The number of rotatable bonds is 6. The van der Waals surface area contributed by atoms with E-state index >= 15 is 0 Å². The lowest BCUT2D eigenvalue weighted by atomic mass is 9.88. The largest absolute Gasteiger partial charge is 0.348 e. The molecule has 9 heteroatoms. The summed E-state index contributed by atoms with van der Waals surface area (Å²) in [6.45, 7) is 9.83. The molecule has 2 aromatic rings. The van der Waals surface area contributed by atoms with Gasteiger partial charge in [0.25, 0.3) is 5.91 Å². The Bertz CT molecular complexity index is 766. The first-order valence-electron chi connectivity index (χ1n) is 8.35. The van der Waals surface area contributed by atoms with E-state index in [2.05, 4.69) is 15.7 Å². The van der Waals surface area contributed by atoms with Gasteiger partial charge in [0.1, 0.15) is 10.9 Å². The number of aryl methyl sites for hydroxylation is 2. The number of halogens is 1. The molecule has 0 fully saturated rings. The third-order valence-corrected chi connectivity index (χ3v) is 5.97. The predicted molar refractivity (Wildman–Crippen MR) is 108 cm³/mol.